The Morgan fingerprint density at radius 2 is 1.90 bits per heavy atom. The Kier molecular flexibility index (Phi) is 5.60. The van der Waals surface area contributed by atoms with Crippen molar-refractivity contribution < 1.29 is 4.79 Å². The van der Waals surface area contributed by atoms with E-state index in [0.29, 0.717) is 24.9 Å². The molecule has 1 aliphatic rings. The summed E-state index contributed by atoms with van der Waals surface area (Å²) in [6.07, 6.45) is 5.75. The van der Waals surface area contributed by atoms with Crippen molar-refractivity contribution in [1.29, 1.82) is 0 Å². The van der Waals surface area contributed by atoms with Gasteiger partial charge in [-0.15, -0.1) is 0 Å². The van der Waals surface area contributed by atoms with Crippen LogP contribution in [0.5, 0.6) is 0 Å². The fourth-order valence-electron chi connectivity index (χ4n) is 3.08. The fraction of sp³-hybridized carbons (Fsp3) is 0.588. The minimum absolute atomic E-state index is 0.297. The van der Waals surface area contributed by atoms with Crippen molar-refractivity contribution in [2.45, 2.75) is 52.1 Å². The van der Waals surface area contributed by atoms with Crippen LogP contribution in [-0.4, -0.2) is 17.4 Å². The smallest absolute Gasteiger partial charge is 0.223 e. The zero-order valence-electron chi connectivity index (χ0n) is 12.5. The van der Waals surface area contributed by atoms with Gasteiger partial charge in [-0.2, -0.15) is 0 Å². The Hall–Kier alpha value is -1.35. The zero-order chi connectivity index (χ0) is 14.4. The van der Waals surface area contributed by atoms with Gasteiger partial charge in [0.1, 0.15) is 0 Å². The number of nitrogens with two attached hydrogens (primary N) is 1. The maximum absolute atomic E-state index is 12.4. The normalized spacial score (nSPS) is 15.5. The van der Waals surface area contributed by atoms with E-state index >= 15 is 0 Å². The monoisotopic (exact) mass is 274 g/mol. The maximum Gasteiger partial charge on any atom is 0.223 e. The molecule has 1 amide bonds. The molecule has 1 aliphatic carbocycles. The summed E-state index contributed by atoms with van der Waals surface area (Å²) in [5.41, 5.74) is 8.09. The summed E-state index contributed by atoms with van der Waals surface area (Å²) in [5, 5.41) is 0. The molecular formula is C17H26N2O. The third-order valence-corrected chi connectivity index (χ3v) is 4.37. The standard InChI is InChI=1S/C17H26N2O/c1-2-19(17(20)11-14-7-3-4-8-14)13-16-10-6-5-9-15(16)12-18/h5-6,9-10,14H,2-4,7-8,11-13,18H2,1H3. The van der Waals surface area contributed by atoms with E-state index < -0.39 is 0 Å². The molecule has 0 saturated heterocycles. The van der Waals surface area contributed by atoms with Crippen LogP contribution in [0.1, 0.15) is 50.2 Å². The van der Waals surface area contributed by atoms with Crippen LogP contribution in [0.2, 0.25) is 0 Å². The minimum Gasteiger partial charge on any atom is -0.339 e. The molecule has 0 unspecified atom stereocenters. The number of rotatable bonds is 6. The number of carbonyl (C=O) groups excluding carboxylic acids is 1. The van der Waals surface area contributed by atoms with Gasteiger partial charge in [0.2, 0.25) is 5.91 Å². The molecule has 0 aromatic heterocycles. The molecule has 0 heterocycles. The quantitative estimate of drug-likeness (QED) is 0.866. The van der Waals surface area contributed by atoms with Crippen molar-refractivity contribution in [1.82, 2.24) is 4.90 Å². The molecule has 0 aliphatic heterocycles. The molecular weight excluding hydrogens is 248 g/mol. The second-order valence-electron chi connectivity index (χ2n) is 5.74. The summed E-state index contributed by atoms with van der Waals surface area (Å²) >= 11 is 0. The topological polar surface area (TPSA) is 46.3 Å². The third kappa shape index (κ3) is 3.83. The van der Waals surface area contributed by atoms with Gasteiger partial charge in [-0.05, 0) is 36.8 Å². The Bertz CT molecular complexity index is 438. The van der Waals surface area contributed by atoms with Crippen molar-refractivity contribution in [3.63, 3.8) is 0 Å². The van der Waals surface area contributed by atoms with E-state index in [9.17, 15) is 4.79 Å². The second-order valence-corrected chi connectivity index (χ2v) is 5.74. The highest BCUT2D eigenvalue weighted by Crippen LogP contribution is 2.28. The van der Waals surface area contributed by atoms with E-state index in [1.165, 1.54) is 31.2 Å². The van der Waals surface area contributed by atoms with Crippen LogP contribution in [0.4, 0.5) is 0 Å². The number of benzene rings is 1. The maximum atomic E-state index is 12.4. The average molecular weight is 274 g/mol. The van der Waals surface area contributed by atoms with Crippen LogP contribution in [-0.2, 0) is 17.9 Å². The highest BCUT2D eigenvalue weighted by atomic mass is 16.2. The van der Waals surface area contributed by atoms with Gasteiger partial charge >= 0.3 is 0 Å². The Balaban J connectivity index is 1.98. The van der Waals surface area contributed by atoms with Crippen molar-refractivity contribution in [2.24, 2.45) is 11.7 Å². The number of hydrogen-bond acceptors (Lipinski definition) is 2. The van der Waals surface area contributed by atoms with E-state index in [4.69, 9.17) is 5.73 Å². The SMILES string of the molecule is CCN(Cc1ccccc1CN)C(=O)CC1CCCC1. The summed E-state index contributed by atoms with van der Waals surface area (Å²) in [7, 11) is 0. The van der Waals surface area contributed by atoms with Gasteiger partial charge in [-0.1, -0.05) is 37.1 Å². The molecule has 0 radical (unpaired) electrons. The molecule has 0 bridgehead atoms. The number of hydrogen-bond donors (Lipinski definition) is 1. The second kappa shape index (κ2) is 7.44. The number of amides is 1. The first-order chi connectivity index (χ1) is 9.74. The van der Waals surface area contributed by atoms with Gasteiger partial charge in [0.15, 0.2) is 0 Å². The average Bonchev–Trinajstić information content (AvgIpc) is 2.97. The van der Waals surface area contributed by atoms with Gasteiger partial charge < -0.3 is 10.6 Å². The van der Waals surface area contributed by atoms with E-state index in [-0.39, 0.29) is 0 Å². The summed E-state index contributed by atoms with van der Waals surface area (Å²) in [6, 6.07) is 8.14. The van der Waals surface area contributed by atoms with Gasteiger partial charge in [0.25, 0.3) is 0 Å². The lowest BCUT2D eigenvalue weighted by Crippen LogP contribution is -2.31. The molecule has 20 heavy (non-hydrogen) atoms. The molecule has 0 spiro atoms. The summed E-state index contributed by atoms with van der Waals surface area (Å²) in [5.74, 6) is 0.910. The van der Waals surface area contributed by atoms with Crippen molar-refractivity contribution in [2.75, 3.05) is 6.54 Å². The predicted octanol–water partition coefficient (Wildman–Crippen LogP) is 3.07. The lowest BCUT2D eigenvalue weighted by atomic mass is 10.0. The fourth-order valence-corrected chi connectivity index (χ4v) is 3.08. The van der Waals surface area contributed by atoms with Crippen molar-refractivity contribution >= 4 is 5.91 Å². The summed E-state index contributed by atoms with van der Waals surface area (Å²) in [4.78, 5) is 14.4. The predicted molar refractivity (Wildman–Crippen MR) is 82.0 cm³/mol. The first kappa shape index (κ1) is 15.0. The number of nitrogens with zero attached hydrogens (tertiary/aromatic N) is 1. The molecule has 1 aromatic carbocycles. The van der Waals surface area contributed by atoms with Crippen LogP contribution in [0, 0.1) is 5.92 Å². The Morgan fingerprint density at radius 1 is 1.25 bits per heavy atom. The molecule has 3 heteroatoms. The largest absolute Gasteiger partial charge is 0.339 e. The molecule has 0 atom stereocenters. The first-order valence-corrected chi connectivity index (χ1v) is 7.79. The van der Waals surface area contributed by atoms with E-state index in [2.05, 4.69) is 13.0 Å². The van der Waals surface area contributed by atoms with Crippen LogP contribution in [0.15, 0.2) is 24.3 Å². The minimum atomic E-state index is 0.297. The lowest BCUT2D eigenvalue weighted by Gasteiger charge is -2.23. The third-order valence-electron chi connectivity index (χ3n) is 4.37. The van der Waals surface area contributed by atoms with E-state index in [1.54, 1.807) is 0 Å². The first-order valence-electron chi connectivity index (χ1n) is 7.79. The molecule has 1 aromatic rings. The van der Waals surface area contributed by atoms with Crippen molar-refractivity contribution in [3.8, 4) is 0 Å². The highest BCUT2D eigenvalue weighted by molar-refractivity contribution is 5.76. The van der Waals surface area contributed by atoms with Gasteiger partial charge in [-0.25, -0.2) is 0 Å². The molecule has 2 rings (SSSR count). The van der Waals surface area contributed by atoms with Crippen LogP contribution in [0.3, 0.4) is 0 Å². The van der Waals surface area contributed by atoms with Crippen LogP contribution >= 0.6 is 0 Å². The molecule has 2 N–H and O–H groups in total. The van der Waals surface area contributed by atoms with Crippen molar-refractivity contribution in [3.05, 3.63) is 35.4 Å². The van der Waals surface area contributed by atoms with Crippen LogP contribution < -0.4 is 5.73 Å². The van der Waals surface area contributed by atoms with Gasteiger partial charge in [-0.3, -0.25) is 4.79 Å². The van der Waals surface area contributed by atoms with E-state index in [0.717, 1.165) is 18.5 Å². The zero-order valence-corrected chi connectivity index (χ0v) is 12.5. The van der Waals surface area contributed by atoms with Gasteiger partial charge in [0.05, 0.1) is 0 Å². The summed E-state index contributed by atoms with van der Waals surface area (Å²) in [6.45, 7) is 4.04. The van der Waals surface area contributed by atoms with E-state index in [1.807, 2.05) is 23.1 Å². The Morgan fingerprint density at radius 3 is 2.50 bits per heavy atom. The summed E-state index contributed by atoms with van der Waals surface area (Å²) < 4.78 is 0. The molecule has 110 valence electrons. The lowest BCUT2D eigenvalue weighted by molar-refractivity contribution is -0.132. The Labute approximate surface area is 122 Å². The van der Waals surface area contributed by atoms with Gasteiger partial charge in [0, 0.05) is 26.1 Å². The highest BCUT2D eigenvalue weighted by Gasteiger charge is 2.21. The molecule has 3 nitrogen and oxygen atoms in total. The molecule has 1 saturated carbocycles. The molecule has 1 fully saturated rings. The number of carbonyl (C=O) groups is 1. The van der Waals surface area contributed by atoms with Crippen LogP contribution in [0.25, 0.3) is 0 Å².